The first-order valence-electron chi connectivity index (χ1n) is 14.0. The van der Waals surface area contributed by atoms with E-state index in [0.717, 1.165) is 76.9 Å². The highest BCUT2D eigenvalue weighted by Gasteiger charge is 2.51. The molecule has 1 heterocycles. The molecule has 0 bridgehead atoms. The number of hydrogen-bond donors (Lipinski definition) is 1. The van der Waals surface area contributed by atoms with E-state index in [9.17, 15) is 28.3 Å². The van der Waals surface area contributed by atoms with E-state index in [1.807, 2.05) is 23.1 Å². The van der Waals surface area contributed by atoms with E-state index in [4.69, 9.17) is 0 Å². The number of amides is 1. The molecule has 8 heteroatoms. The van der Waals surface area contributed by atoms with Crippen LogP contribution >= 0.6 is 0 Å². The third-order valence-corrected chi connectivity index (χ3v) is 9.18. The third kappa shape index (κ3) is 5.44. The van der Waals surface area contributed by atoms with Gasteiger partial charge in [-0.15, -0.1) is 0 Å². The van der Waals surface area contributed by atoms with Crippen molar-refractivity contribution < 1.29 is 23.1 Å². The van der Waals surface area contributed by atoms with Gasteiger partial charge in [-0.05, 0) is 81.5 Å². The summed E-state index contributed by atoms with van der Waals surface area (Å²) in [5.74, 6) is -0.145. The van der Waals surface area contributed by atoms with Crippen molar-refractivity contribution in [2.75, 3.05) is 13.1 Å². The minimum absolute atomic E-state index is 0.102. The Hall–Kier alpha value is -2.89. The minimum atomic E-state index is -4.80. The van der Waals surface area contributed by atoms with Gasteiger partial charge in [0.15, 0.2) is 5.60 Å². The average molecular weight is 540 g/mol. The number of halogens is 3. The Morgan fingerprint density at radius 2 is 1.51 bits per heavy atom. The normalized spacial score (nSPS) is 26.4. The van der Waals surface area contributed by atoms with Crippen LogP contribution in [0.4, 0.5) is 13.2 Å². The molecule has 3 aliphatic rings. The quantitative estimate of drug-likeness (QED) is 0.494. The zero-order valence-electron chi connectivity index (χ0n) is 22.3. The molecule has 0 radical (unpaired) electrons. The number of piperidine rings is 1. The molecule has 1 saturated heterocycles. The lowest BCUT2D eigenvalue weighted by atomic mass is 9.69. The van der Waals surface area contributed by atoms with Gasteiger partial charge in [0.05, 0.1) is 11.5 Å². The molecular formula is C31H36F3N3O2. The Kier molecular flexibility index (Phi) is 7.51. The topological polar surface area (TPSA) is 67.6 Å². The van der Waals surface area contributed by atoms with Gasteiger partial charge >= 0.3 is 6.18 Å². The van der Waals surface area contributed by atoms with Gasteiger partial charge in [-0.25, -0.2) is 0 Å². The summed E-state index contributed by atoms with van der Waals surface area (Å²) in [5.41, 5.74) is -2.19. The van der Waals surface area contributed by atoms with Crippen LogP contribution in [-0.4, -0.2) is 58.2 Å². The van der Waals surface area contributed by atoms with E-state index < -0.39 is 17.2 Å². The van der Waals surface area contributed by atoms with E-state index in [2.05, 4.69) is 23.1 Å². The number of hydrogen-bond acceptors (Lipinski definition) is 4. The number of benzene rings is 2. The van der Waals surface area contributed by atoms with Crippen LogP contribution < -0.4 is 0 Å². The van der Waals surface area contributed by atoms with E-state index in [1.165, 1.54) is 24.3 Å². The third-order valence-electron chi connectivity index (χ3n) is 9.18. The fourth-order valence-corrected chi connectivity index (χ4v) is 6.44. The molecule has 1 aliphatic heterocycles. The summed E-state index contributed by atoms with van der Waals surface area (Å²) in [5, 5.41) is 20.0. The fraction of sp³-hybridized carbons (Fsp3) is 0.548. The second-order valence-corrected chi connectivity index (χ2v) is 11.6. The molecule has 5 nitrogen and oxygen atoms in total. The van der Waals surface area contributed by atoms with Crippen molar-refractivity contribution in [2.45, 2.75) is 93.6 Å². The van der Waals surface area contributed by atoms with E-state index in [0.29, 0.717) is 11.6 Å². The highest BCUT2D eigenvalue weighted by molar-refractivity contribution is 5.95. The number of nitrogens with zero attached hydrogens (tertiary/aromatic N) is 3. The molecule has 5 rings (SSSR count). The molecule has 208 valence electrons. The first kappa shape index (κ1) is 27.7. The lowest BCUT2D eigenvalue weighted by Crippen LogP contribution is -2.51. The summed E-state index contributed by atoms with van der Waals surface area (Å²) in [6.07, 6.45) is 2.48. The monoisotopic (exact) mass is 539 g/mol. The molecule has 1 amide bonds. The van der Waals surface area contributed by atoms with Gasteiger partial charge in [0.2, 0.25) is 0 Å². The van der Waals surface area contributed by atoms with Crippen molar-refractivity contribution >= 4 is 5.91 Å². The first-order valence-corrected chi connectivity index (χ1v) is 14.0. The second-order valence-electron chi connectivity index (χ2n) is 11.6. The lowest BCUT2D eigenvalue weighted by molar-refractivity contribution is -0.258. The summed E-state index contributed by atoms with van der Waals surface area (Å²) in [4.78, 5) is 18.0. The van der Waals surface area contributed by atoms with Crippen LogP contribution in [0.2, 0.25) is 0 Å². The Bertz CT molecular complexity index is 1190. The molecule has 1 atom stereocenters. The number of carbonyl (C=O) groups is 1. The number of rotatable bonds is 6. The van der Waals surface area contributed by atoms with Crippen LogP contribution in [-0.2, 0) is 11.0 Å². The highest BCUT2D eigenvalue weighted by Crippen LogP contribution is 2.42. The SMILES string of the molecule is C[C@](O)(c1ccc(C(=O)N(C2CC2)C2CCN([C@H]3CC[C@@](C#N)(c4ccccc4)CC3)CC2)cc1)C(F)(F)F. The summed E-state index contributed by atoms with van der Waals surface area (Å²) < 4.78 is 39.7. The van der Waals surface area contributed by atoms with Gasteiger partial charge < -0.3 is 14.9 Å². The van der Waals surface area contributed by atoms with Crippen LogP contribution in [0.5, 0.6) is 0 Å². The van der Waals surface area contributed by atoms with Gasteiger partial charge in [-0.3, -0.25) is 4.79 Å². The Balaban J connectivity index is 1.20. The molecule has 39 heavy (non-hydrogen) atoms. The molecule has 0 spiro atoms. The fourth-order valence-electron chi connectivity index (χ4n) is 6.44. The number of carbonyl (C=O) groups excluding carboxylic acids is 1. The Morgan fingerprint density at radius 3 is 2.03 bits per heavy atom. The predicted molar refractivity (Wildman–Crippen MR) is 142 cm³/mol. The molecule has 3 fully saturated rings. The van der Waals surface area contributed by atoms with E-state index in [-0.39, 0.29) is 23.6 Å². The molecule has 0 unspecified atom stereocenters. The van der Waals surface area contributed by atoms with Gasteiger partial charge in [0, 0.05) is 36.8 Å². The Morgan fingerprint density at radius 1 is 0.949 bits per heavy atom. The first-order chi connectivity index (χ1) is 18.6. The van der Waals surface area contributed by atoms with Gasteiger partial charge in [0.1, 0.15) is 0 Å². The van der Waals surface area contributed by atoms with Crippen molar-refractivity contribution in [3.63, 3.8) is 0 Å². The summed E-state index contributed by atoms with van der Waals surface area (Å²) >= 11 is 0. The summed E-state index contributed by atoms with van der Waals surface area (Å²) in [6, 6.07) is 18.6. The summed E-state index contributed by atoms with van der Waals surface area (Å²) in [6.45, 7) is 2.51. The van der Waals surface area contributed by atoms with Crippen LogP contribution in [0.25, 0.3) is 0 Å². The van der Waals surface area contributed by atoms with Crippen molar-refractivity contribution in [1.29, 1.82) is 5.26 Å². The maximum Gasteiger partial charge on any atom is 0.421 e. The van der Waals surface area contributed by atoms with Crippen LogP contribution in [0.1, 0.15) is 79.8 Å². The molecule has 0 aromatic heterocycles. The number of alkyl halides is 3. The van der Waals surface area contributed by atoms with Crippen molar-refractivity contribution in [3.05, 3.63) is 71.3 Å². The van der Waals surface area contributed by atoms with Crippen molar-refractivity contribution in [2.24, 2.45) is 0 Å². The van der Waals surface area contributed by atoms with Gasteiger partial charge in [-0.1, -0.05) is 42.5 Å². The van der Waals surface area contributed by atoms with Gasteiger partial charge in [-0.2, -0.15) is 18.4 Å². The molecule has 2 aromatic carbocycles. The predicted octanol–water partition coefficient (Wildman–Crippen LogP) is 5.93. The van der Waals surface area contributed by atoms with Crippen molar-refractivity contribution in [1.82, 2.24) is 9.80 Å². The standard InChI is InChI=1S/C31H36F3N3O2/c1-29(39,31(32,33)34)23-9-7-22(8-10-23)28(38)37(26-11-12-26)27-15-19-36(20-16-27)25-13-17-30(21-35,18-14-25)24-5-3-2-4-6-24/h2-10,25-27,39H,11-20H2,1H3/t25-,29-,30+/m0/s1. The molecular weight excluding hydrogens is 503 g/mol. The largest absolute Gasteiger partial charge is 0.421 e. The maximum absolute atomic E-state index is 13.5. The van der Waals surface area contributed by atoms with Crippen molar-refractivity contribution in [3.8, 4) is 6.07 Å². The zero-order chi connectivity index (χ0) is 27.8. The molecule has 2 saturated carbocycles. The zero-order valence-corrected chi connectivity index (χ0v) is 22.3. The molecule has 2 aliphatic carbocycles. The number of aliphatic hydroxyl groups is 1. The number of nitriles is 1. The van der Waals surface area contributed by atoms with Gasteiger partial charge in [0.25, 0.3) is 5.91 Å². The molecule has 2 aromatic rings. The lowest BCUT2D eigenvalue weighted by Gasteiger charge is -2.45. The second kappa shape index (κ2) is 10.6. The smallest absolute Gasteiger partial charge is 0.376 e. The minimum Gasteiger partial charge on any atom is -0.376 e. The highest BCUT2D eigenvalue weighted by atomic mass is 19.4. The number of likely N-dealkylation sites (tertiary alicyclic amines) is 1. The van der Waals surface area contributed by atoms with Crippen LogP contribution in [0.15, 0.2) is 54.6 Å². The van der Waals surface area contributed by atoms with Crippen LogP contribution in [0, 0.1) is 11.3 Å². The average Bonchev–Trinajstić information content (AvgIpc) is 3.79. The molecule has 1 N–H and O–H groups in total. The van der Waals surface area contributed by atoms with E-state index in [1.54, 1.807) is 0 Å². The van der Waals surface area contributed by atoms with E-state index >= 15 is 0 Å². The Labute approximate surface area is 228 Å². The van der Waals surface area contributed by atoms with Crippen LogP contribution in [0.3, 0.4) is 0 Å². The maximum atomic E-state index is 13.5. The summed E-state index contributed by atoms with van der Waals surface area (Å²) in [7, 11) is 0.